The average Bonchev–Trinajstić information content (AvgIpc) is 1.86. The lowest BCUT2D eigenvalue weighted by molar-refractivity contribution is 0.160. The van der Waals surface area contributed by atoms with Gasteiger partial charge in [0.1, 0.15) is 0 Å². The highest BCUT2D eigenvalue weighted by Crippen LogP contribution is 2.26. The van der Waals surface area contributed by atoms with Crippen LogP contribution in [0, 0.1) is 5.41 Å². The maximum atomic E-state index is 5.12. The molecule has 0 radical (unpaired) electrons. The third-order valence-electron chi connectivity index (χ3n) is 1.37. The van der Waals surface area contributed by atoms with Gasteiger partial charge in [-0.25, -0.2) is 0 Å². The van der Waals surface area contributed by atoms with Crippen molar-refractivity contribution in [3.05, 3.63) is 17.6 Å². The molecule has 1 aliphatic heterocycles. The zero-order chi connectivity index (χ0) is 8.48. The molecule has 0 N–H and O–H groups in total. The Bertz CT molecular complexity index is 249. The van der Waals surface area contributed by atoms with Crippen LogP contribution >= 0.6 is 0 Å². The van der Waals surface area contributed by atoms with E-state index in [-0.39, 0.29) is 5.41 Å². The smallest absolute Gasteiger partial charge is 0.182 e. The van der Waals surface area contributed by atoms with Crippen LogP contribution in [-0.2, 0) is 4.84 Å². The van der Waals surface area contributed by atoms with Crippen molar-refractivity contribution in [3.8, 4) is 0 Å². The first-order valence-corrected chi connectivity index (χ1v) is 3.69. The quantitative estimate of drug-likeness (QED) is 0.487. The fraction of sp³-hybridized carbons (Fsp3) is 0.556. The molecule has 1 aliphatic rings. The lowest BCUT2D eigenvalue weighted by Gasteiger charge is -2.19. The molecule has 60 valence electrons. The van der Waals surface area contributed by atoms with Crippen molar-refractivity contribution in [3.63, 3.8) is 0 Å². The molecule has 0 aliphatic carbocycles. The van der Waals surface area contributed by atoms with Gasteiger partial charge in [-0.15, -0.1) is 0 Å². The second kappa shape index (κ2) is 2.55. The molecule has 0 amide bonds. The van der Waals surface area contributed by atoms with Gasteiger partial charge >= 0.3 is 0 Å². The summed E-state index contributed by atoms with van der Waals surface area (Å²) in [6.07, 6.45) is 1.84. The summed E-state index contributed by atoms with van der Waals surface area (Å²) in [5.74, 6) is 0.795. The summed E-state index contributed by atoms with van der Waals surface area (Å²) >= 11 is 0. The van der Waals surface area contributed by atoms with Crippen LogP contribution in [-0.4, -0.2) is 5.71 Å². The van der Waals surface area contributed by atoms with Crippen molar-refractivity contribution in [2.75, 3.05) is 0 Å². The van der Waals surface area contributed by atoms with Crippen molar-refractivity contribution in [2.24, 2.45) is 10.6 Å². The van der Waals surface area contributed by atoms with Gasteiger partial charge in [-0.3, -0.25) is 0 Å². The molecule has 0 fully saturated rings. The van der Waals surface area contributed by atoms with Gasteiger partial charge in [-0.2, -0.15) is 0 Å². The minimum Gasteiger partial charge on any atom is -0.352 e. The van der Waals surface area contributed by atoms with E-state index in [9.17, 15) is 0 Å². The fourth-order valence-corrected chi connectivity index (χ4v) is 0.694. The lowest BCUT2D eigenvalue weighted by Crippen LogP contribution is -2.11. The minimum absolute atomic E-state index is 0.000694. The van der Waals surface area contributed by atoms with Gasteiger partial charge in [0.15, 0.2) is 5.76 Å². The zero-order valence-corrected chi connectivity index (χ0v) is 7.43. The number of hydrogen-bond acceptors (Lipinski definition) is 2. The largest absolute Gasteiger partial charge is 0.352 e. The second-order valence-corrected chi connectivity index (χ2v) is 3.69. The van der Waals surface area contributed by atoms with Crippen LogP contribution in [0.2, 0.25) is 0 Å². The van der Waals surface area contributed by atoms with E-state index in [4.69, 9.17) is 4.84 Å². The summed E-state index contributed by atoms with van der Waals surface area (Å²) in [6.45, 7) is 8.09. The zero-order valence-electron chi connectivity index (χ0n) is 7.43. The summed E-state index contributed by atoms with van der Waals surface area (Å²) in [5, 5.41) is 3.84. The maximum absolute atomic E-state index is 5.12. The van der Waals surface area contributed by atoms with Gasteiger partial charge in [0.25, 0.3) is 0 Å². The second-order valence-electron chi connectivity index (χ2n) is 3.69. The van der Waals surface area contributed by atoms with Gasteiger partial charge in [0.05, 0.1) is 5.71 Å². The van der Waals surface area contributed by atoms with E-state index in [1.165, 1.54) is 0 Å². The third kappa shape index (κ3) is 1.95. The molecule has 1 rings (SSSR count). The third-order valence-corrected chi connectivity index (χ3v) is 1.37. The summed E-state index contributed by atoms with van der Waals surface area (Å²) in [4.78, 5) is 5.12. The number of allylic oxidation sites excluding steroid dienone is 1. The fourth-order valence-electron chi connectivity index (χ4n) is 0.694. The number of oxime groups is 1. The molecular formula is C9H13NO. The Balaban J connectivity index is 2.89. The monoisotopic (exact) mass is 151 g/mol. The molecule has 0 saturated carbocycles. The van der Waals surface area contributed by atoms with Crippen LogP contribution in [0.25, 0.3) is 0 Å². The van der Waals surface area contributed by atoms with E-state index in [0.717, 1.165) is 11.5 Å². The molecule has 0 saturated heterocycles. The van der Waals surface area contributed by atoms with Gasteiger partial charge < -0.3 is 4.84 Å². The van der Waals surface area contributed by atoms with Gasteiger partial charge in [-0.1, -0.05) is 31.7 Å². The van der Waals surface area contributed by atoms with Crippen molar-refractivity contribution >= 4 is 5.71 Å². The lowest BCUT2D eigenvalue weighted by atomic mass is 9.94. The highest BCUT2D eigenvalue weighted by atomic mass is 16.6. The minimum atomic E-state index is 0.000694. The summed E-state index contributed by atoms with van der Waals surface area (Å²) < 4.78 is 0. The molecule has 0 unspecified atom stereocenters. The molecule has 0 aromatic carbocycles. The van der Waals surface area contributed by atoms with Crippen molar-refractivity contribution in [1.82, 2.24) is 0 Å². The van der Waals surface area contributed by atoms with E-state index >= 15 is 0 Å². The van der Waals surface area contributed by atoms with E-state index < -0.39 is 0 Å². The van der Waals surface area contributed by atoms with Crippen molar-refractivity contribution in [1.29, 1.82) is 0 Å². The Morgan fingerprint density at radius 3 is 2.45 bits per heavy atom. The van der Waals surface area contributed by atoms with Gasteiger partial charge in [0.2, 0.25) is 0 Å². The van der Waals surface area contributed by atoms with E-state index in [2.05, 4.69) is 31.7 Å². The Kier molecular flexibility index (Phi) is 1.88. The molecule has 11 heavy (non-hydrogen) atoms. The number of hydrogen-bond donors (Lipinski definition) is 0. The Morgan fingerprint density at radius 1 is 1.45 bits per heavy atom. The van der Waals surface area contributed by atoms with Crippen LogP contribution in [0.1, 0.15) is 27.7 Å². The first kappa shape index (κ1) is 8.09. The van der Waals surface area contributed by atoms with E-state index in [1.54, 1.807) is 0 Å². The average molecular weight is 151 g/mol. The summed E-state index contributed by atoms with van der Waals surface area (Å²) in [5.41, 5.74) is 3.91. The Labute approximate surface area is 67.2 Å². The Morgan fingerprint density at radius 2 is 2.09 bits per heavy atom. The predicted octanol–water partition coefficient (Wildman–Crippen LogP) is 2.48. The van der Waals surface area contributed by atoms with E-state index in [1.807, 2.05) is 13.0 Å². The van der Waals surface area contributed by atoms with E-state index in [0.29, 0.717) is 0 Å². The van der Waals surface area contributed by atoms with Gasteiger partial charge in [-0.05, 0) is 6.92 Å². The van der Waals surface area contributed by atoms with Crippen molar-refractivity contribution < 1.29 is 4.84 Å². The first-order chi connectivity index (χ1) is 5.00. The standard InChI is InChI=1S/C9H13NO/c1-7-5-6-8(11-10-7)9(2,3)4/h5H,1-4H3. The van der Waals surface area contributed by atoms with Crippen LogP contribution in [0.5, 0.6) is 0 Å². The molecule has 0 spiro atoms. The topological polar surface area (TPSA) is 21.6 Å². The first-order valence-electron chi connectivity index (χ1n) is 3.69. The van der Waals surface area contributed by atoms with Crippen molar-refractivity contribution in [2.45, 2.75) is 27.7 Å². The maximum Gasteiger partial charge on any atom is 0.182 e. The SMILES string of the molecule is CC1=NOC(C(C)(C)C)=C=C1. The van der Waals surface area contributed by atoms with Crippen LogP contribution in [0.4, 0.5) is 0 Å². The number of nitrogens with zero attached hydrogens (tertiary/aromatic N) is 1. The van der Waals surface area contributed by atoms with Gasteiger partial charge in [0, 0.05) is 11.5 Å². The summed E-state index contributed by atoms with van der Waals surface area (Å²) in [7, 11) is 0. The Hall–Kier alpha value is -1.01. The molecule has 2 heteroatoms. The molecule has 0 aromatic heterocycles. The predicted molar refractivity (Wildman–Crippen MR) is 45.2 cm³/mol. The normalized spacial score (nSPS) is 17.1. The van der Waals surface area contributed by atoms with Crippen LogP contribution < -0.4 is 0 Å². The molecule has 0 bridgehead atoms. The molecule has 0 aromatic rings. The van der Waals surface area contributed by atoms with Crippen LogP contribution in [0.15, 0.2) is 22.7 Å². The molecule has 1 heterocycles. The molecule has 2 nitrogen and oxygen atoms in total. The van der Waals surface area contributed by atoms with Crippen LogP contribution in [0.3, 0.4) is 0 Å². The number of rotatable bonds is 0. The molecular weight excluding hydrogens is 138 g/mol. The molecule has 0 atom stereocenters. The highest BCUT2D eigenvalue weighted by Gasteiger charge is 2.20. The summed E-state index contributed by atoms with van der Waals surface area (Å²) in [6, 6.07) is 0. The highest BCUT2D eigenvalue weighted by molar-refractivity contribution is 5.92.